The summed E-state index contributed by atoms with van der Waals surface area (Å²) >= 11 is 1.65. The van der Waals surface area contributed by atoms with Crippen molar-refractivity contribution in [1.29, 1.82) is 0 Å². The van der Waals surface area contributed by atoms with Crippen LogP contribution in [0.1, 0.15) is 30.0 Å². The van der Waals surface area contributed by atoms with Crippen molar-refractivity contribution in [3.8, 4) is 0 Å². The standard InChI is InChI=1S/C22H28FN3O2S/c1-25(2)20(18-9-11-29-15-18)13-24-22(28)17-4-3-10-26(14-17)21(27)12-16-5-7-19(23)8-6-16/h5-9,11,15,17,20H,3-4,10,12-14H2,1-2H3,(H,24,28)/t17-,20+/m0/s1. The lowest BCUT2D eigenvalue weighted by molar-refractivity contribution is -0.135. The van der Waals surface area contributed by atoms with Crippen LogP contribution in [0.3, 0.4) is 0 Å². The number of likely N-dealkylation sites (N-methyl/N-ethyl adjacent to an activating group) is 1. The van der Waals surface area contributed by atoms with E-state index in [1.165, 1.54) is 17.7 Å². The Hall–Kier alpha value is -2.25. The summed E-state index contributed by atoms with van der Waals surface area (Å²) < 4.78 is 13.0. The van der Waals surface area contributed by atoms with Crippen molar-refractivity contribution in [1.82, 2.24) is 15.1 Å². The molecule has 2 amide bonds. The Bertz CT molecular complexity index is 808. The second-order valence-corrected chi connectivity index (χ2v) is 8.54. The maximum Gasteiger partial charge on any atom is 0.227 e. The molecule has 2 atom stereocenters. The lowest BCUT2D eigenvalue weighted by Crippen LogP contribution is -2.47. The molecule has 7 heteroatoms. The van der Waals surface area contributed by atoms with Crippen LogP contribution in [0.4, 0.5) is 4.39 Å². The van der Waals surface area contributed by atoms with Gasteiger partial charge in [0.05, 0.1) is 18.4 Å². The van der Waals surface area contributed by atoms with Gasteiger partial charge < -0.3 is 15.1 Å². The Labute approximate surface area is 175 Å². The molecule has 1 fully saturated rings. The third-order valence-electron chi connectivity index (χ3n) is 5.43. The first-order valence-electron chi connectivity index (χ1n) is 9.92. The van der Waals surface area contributed by atoms with Crippen LogP contribution < -0.4 is 5.32 Å². The van der Waals surface area contributed by atoms with E-state index in [0.29, 0.717) is 19.6 Å². The van der Waals surface area contributed by atoms with Crippen LogP contribution in [0.25, 0.3) is 0 Å². The highest BCUT2D eigenvalue weighted by Gasteiger charge is 2.29. The Kier molecular flexibility index (Phi) is 7.39. The first-order valence-corrected chi connectivity index (χ1v) is 10.9. The van der Waals surface area contributed by atoms with Crippen LogP contribution in [0.2, 0.25) is 0 Å². The molecule has 2 aromatic rings. The molecule has 0 aliphatic carbocycles. The van der Waals surface area contributed by atoms with Crippen molar-refractivity contribution in [2.75, 3.05) is 33.7 Å². The molecule has 1 saturated heterocycles. The number of carbonyl (C=O) groups excluding carboxylic acids is 2. The van der Waals surface area contributed by atoms with E-state index in [1.54, 1.807) is 28.4 Å². The highest BCUT2D eigenvalue weighted by molar-refractivity contribution is 7.07. The van der Waals surface area contributed by atoms with Crippen molar-refractivity contribution >= 4 is 23.2 Å². The summed E-state index contributed by atoms with van der Waals surface area (Å²) in [7, 11) is 4.01. The van der Waals surface area contributed by atoms with E-state index in [-0.39, 0.29) is 36.0 Å². The molecule has 3 rings (SSSR count). The molecule has 1 N–H and O–H groups in total. The number of carbonyl (C=O) groups is 2. The van der Waals surface area contributed by atoms with Gasteiger partial charge in [0, 0.05) is 19.6 Å². The predicted octanol–water partition coefficient (Wildman–Crippen LogP) is 3.09. The highest BCUT2D eigenvalue weighted by Crippen LogP contribution is 2.21. The van der Waals surface area contributed by atoms with Crippen molar-refractivity contribution < 1.29 is 14.0 Å². The highest BCUT2D eigenvalue weighted by atomic mass is 32.1. The van der Waals surface area contributed by atoms with Gasteiger partial charge in [0.15, 0.2) is 0 Å². The summed E-state index contributed by atoms with van der Waals surface area (Å²) in [5, 5.41) is 7.23. The van der Waals surface area contributed by atoms with Gasteiger partial charge in [-0.25, -0.2) is 4.39 Å². The van der Waals surface area contributed by atoms with Gasteiger partial charge in [0.25, 0.3) is 0 Å². The number of nitrogens with one attached hydrogen (secondary N) is 1. The second-order valence-electron chi connectivity index (χ2n) is 7.76. The molecule has 0 bridgehead atoms. The quantitative estimate of drug-likeness (QED) is 0.753. The Balaban J connectivity index is 1.53. The number of hydrogen-bond donors (Lipinski definition) is 1. The van der Waals surface area contributed by atoms with E-state index >= 15 is 0 Å². The third-order valence-corrected chi connectivity index (χ3v) is 6.14. The Morgan fingerprint density at radius 3 is 2.69 bits per heavy atom. The molecule has 1 aliphatic rings. The van der Waals surface area contributed by atoms with Crippen LogP contribution in [0.5, 0.6) is 0 Å². The number of rotatable bonds is 7. The smallest absolute Gasteiger partial charge is 0.227 e. The van der Waals surface area contributed by atoms with E-state index in [0.717, 1.165) is 18.4 Å². The molecule has 1 aromatic heterocycles. The molecular weight excluding hydrogens is 389 g/mol. The number of halogens is 1. The molecule has 29 heavy (non-hydrogen) atoms. The minimum atomic E-state index is -0.311. The maximum absolute atomic E-state index is 13.0. The van der Waals surface area contributed by atoms with Gasteiger partial charge >= 0.3 is 0 Å². The average Bonchev–Trinajstić information content (AvgIpc) is 3.24. The van der Waals surface area contributed by atoms with Crippen LogP contribution in [-0.2, 0) is 16.0 Å². The largest absolute Gasteiger partial charge is 0.354 e. The number of benzene rings is 1. The van der Waals surface area contributed by atoms with E-state index in [2.05, 4.69) is 21.7 Å². The fourth-order valence-electron chi connectivity index (χ4n) is 3.71. The van der Waals surface area contributed by atoms with Gasteiger partial charge in [-0.15, -0.1) is 0 Å². The fraction of sp³-hybridized carbons (Fsp3) is 0.455. The van der Waals surface area contributed by atoms with Gasteiger partial charge in [-0.05, 0) is 67.0 Å². The molecular formula is C22H28FN3O2S. The zero-order valence-corrected chi connectivity index (χ0v) is 17.8. The number of nitrogens with zero attached hydrogens (tertiary/aromatic N) is 2. The number of thiophene rings is 1. The molecule has 0 spiro atoms. The minimum absolute atomic E-state index is 0.00589. The third kappa shape index (κ3) is 5.87. The zero-order valence-electron chi connectivity index (χ0n) is 16.9. The van der Waals surface area contributed by atoms with Crippen LogP contribution in [-0.4, -0.2) is 55.3 Å². The van der Waals surface area contributed by atoms with Gasteiger partial charge in [-0.3, -0.25) is 9.59 Å². The van der Waals surface area contributed by atoms with Crippen molar-refractivity contribution in [3.05, 3.63) is 58.0 Å². The Morgan fingerprint density at radius 1 is 1.28 bits per heavy atom. The molecule has 2 heterocycles. The van der Waals surface area contributed by atoms with Gasteiger partial charge in [0.2, 0.25) is 11.8 Å². The SMILES string of the molecule is CN(C)[C@H](CNC(=O)[C@H]1CCCN(C(=O)Cc2ccc(F)cc2)C1)c1ccsc1. The first-order chi connectivity index (χ1) is 13.9. The number of piperidine rings is 1. The molecule has 1 aliphatic heterocycles. The molecule has 1 aromatic carbocycles. The molecule has 5 nitrogen and oxygen atoms in total. The predicted molar refractivity (Wildman–Crippen MR) is 113 cm³/mol. The monoisotopic (exact) mass is 417 g/mol. The molecule has 0 unspecified atom stereocenters. The fourth-order valence-corrected chi connectivity index (χ4v) is 4.42. The number of likely N-dealkylation sites (tertiary alicyclic amines) is 1. The first kappa shape index (κ1) is 21.5. The lowest BCUT2D eigenvalue weighted by Gasteiger charge is -2.33. The summed E-state index contributed by atoms with van der Waals surface area (Å²) in [6, 6.07) is 8.20. The number of amides is 2. The molecule has 0 saturated carbocycles. The lowest BCUT2D eigenvalue weighted by atomic mass is 9.96. The van der Waals surface area contributed by atoms with Crippen LogP contribution in [0.15, 0.2) is 41.1 Å². The minimum Gasteiger partial charge on any atom is -0.354 e. The zero-order chi connectivity index (χ0) is 20.8. The van der Waals surface area contributed by atoms with Gasteiger partial charge in [0.1, 0.15) is 5.82 Å². The Morgan fingerprint density at radius 2 is 2.03 bits per heavy atom. The van der Waals surface area contributed by atoms with E-state index in [4.69, 9.17) is 0 Å². The van der Waals surface area contributed by atoms with Crippen molar-refractivity contribution in [3.63, 3.8) is 0 Å². The summed E-state index contributed by atoms with van der Waals surface area (Å²) in [5.41, 5.74) is 1.98. The molecule has 0 radical (unpaired) electrons. The van der Waals surface area contributed by atoms with Crippen LogP contribution >= 0.6 is 11.3 Å². The number of hydrogen-bond acceptors (Lipinski definition) is 4. The maximum atomic E-state index is 13.0. The van der Waals surface area contributed by atoms with E-state index in [9.17, 15) is 14.0 Å². The van der Waals surface area contributed by atoms with Crippen molar-refractivity contribution in [2.24, 2.45) is 5.92 Å². The van der Waals surface area contributed by atoms with Gasteiger partial charge in [-0.1, -0.05) is 12.1 Å². The summed E-state index contributed by atoms with van der Waals surface area (Å²) in [6.45, 7) is 1.65. The topological polar surface area (TPSA) is 52.7 Å². The molecule has 156 valence electrons. The van der Waals surface area contributed by atoms with E-state index < -0.39 is 0 Å². The summed E-state index contributed by atoms with van der Waals surface area (Å²) in [6.07, 6.45) is 1.83. The second kappa shape index (κ2) is 9.98. The normalized spacial score (nSPS) is 17.9. The van der Waals surface area contributed by atoms with E-state index in [1.807, 2.05) is 19.5 Å². The summed E-state index contributed by atoms with van der Waals surface area (Å²) in [5.74, 6) is -0.509. The average molecular weight is 418 g/mol. The summed E-state index contributed by atoms with van der Waals surface area (Å²) in [4.78, 5) is 29.2. The van der Waals surface area contributed by atoms with Crippen molar-refractivity contribution in [2.45, 2.75) is 25.3 Å². The van der Waals surface area contributed by atoms with Gasteiger partial charge in [-0.2, -0.15) is 11.3 Å². The van der Waals surface area contributed by atoms with Crippen LogP contribution in [0, 0.1) is 11.7 Å².